The van der Waals surface area contributed by atoms with Crippen LogP contribution in [0.25, 0.3) is 0 Å². The molecule has 1 aromatic carbocycles. The van der Waals surface area contributed by atoms with Crippen molar-refractivity contribution in [3.63, 3.8) is 0 Å². The minimum Gasteiger partial charge on any atom is -0.369 e. The summed E-state index contributed by atoms with van der Waals surface area (Å²) >= 11 is 0. The first kappa shape index (κ1) is 16.7. The molecule has 0 radical (unpaired) electrons. The molecular formula is C21H24N2O. The van der Waals surface area contributed by atoms with Crippen molar-refractivity contribution in [2.45, 2.75) is 31.3 Å². The number of pyridine rings is 1. The molecule has 1 aliphatic heterocycles. The number of rotatable bonds is 3. The van der Waals surface area contributed by atoms with Crippen molar-refractivity contribution in [2.75, 3.05) is 19.6 Å². The summed E-state index contributed by atoms with van der Waals surface area (Å²) in [5.74, 6) is 6.34. The Morgan fingerprint density at radius 1 is 0.958 bits per heavy atom. The topological polar surface area (TPSA) is 36.4 Å². The second-order valence-corrected chi connectivity index (χ2v) is 6.31. The Kier molecular flexibility index (Phi) is 5.63. The molecule has 2 heterocycles. The van der Waals surface area contributed by atoms with E-state index in [1.807, 2.05) is 42.5 Å². The fraction of sp³-hybridized carbons (Fsp3) is 0.381. The van der Waals surface area contributed by atoms with Crippen LogP contribution in [0.4, 0.5) is 0 Å². The molecule has 0 saturated carbocycles. The van der Waals surface area contributed by atoms with Crippen LogP contribution in [0.15, 0.2) is 54.9 Å². The molecule has 0 aliphatic carbocycles. The first-order valence-corrected chi connectivity index (χ1v) is 8.70. The summed E-state index contributed by atoms with van der Waals surface area (Å²) in [5, 5.41) is 11.3. The van der Waals surface area contributed by atoms with Crippen LogP contribution in [0.5, 0.6) is 0 Å². The third kappa shape index (κ3) is 4.03. The molecule has 1 atom stereocenters. The Bertz CT molecular complexity index is 641. The van der Waals surface area contributed by atoms with Crippen molar-refractivity contribution in [2.24, 2.45) is 0 Å². The quantitative estimate of drug-likeness (QED) is 0.882. The van der Waals surface area contributed by atoms with E-state index < -0.39 is 5.60 Å². The van der Waals surface area contributed by atoms with E-state index in [2.05, 4.69) is 21.7 Å². The summed E-state index contributed by atoms with van der Waals surface area (Å²) in [6.07, 6.45) is 8.51. The van der Waals surface area contributed by atoms with Crippen molar-refractivity contribution < 1.29 is 5.11 Å². The average molecular weight is 320 g/mol. The highest BCUT2D eigenvalue weighted by Gasteiger charge is 2.29. The zero-order chi connectivity index (χ0) is 16.7. The molecular weight excluding hydrogens is 296 g/mol. The van der Waals surface area contributed by atoms with Gasteiger partial charge in [-0.05, 0) is 32.0 Å². The smallest absolute Gasteiger partial charge is 0.178 e. The van der Waals surface area contributed by atoms with Crippen molar-refractivity contribution in [1.82, 2.24) is 9.88 Å². The molecule has 0 unspecified atom stereocenters. The first-order valence-electron chi connectivity index (χ1n) is 8.70. The zero-order valence-corrected chi connectivity index (χ0v) is 14.0. The Morgan fingerprint density at radius 2 is 1.67 bits per heavy atom. The first-order chi connectivity index (χ1) is 11.8. The van der Waals surface area contributed by atoms with Crippen LogP contribution in [0, 0.1) is 11.8 Å². The molecule has 0 bridgehead atoms. The van der Waals surface area contributed by atoms with E-state index in [1.165, 1.54) is 25.7 Å². The number of likely N-dealkylation sites (tertiary alicyclic amines) is 1. The standard InChI is InChI=1S/C21H24N2O/c24-21(19-10-4-3-5-11-19,20-12-8-14-22-18-20)13-9-17-23-15-6-1-2-7-16-23/h3-5,8,10-12,14,18,24H,1-2,6-7,15-17H2/t21-/m1/s1. The predicted octanol–water partition coefficient (Wildman–Crippen LogP) is 3.20. The van der Waals surface area contributed by atoms with Gasteiger partial charge in [0.05, 0.1) is 6.54 Å². The van der Waals surface area contributed by atoms with E-state index >= 15 is 0 Å². The number of aliphatic hydroxyl groups is 1. The van der Waals surface area contributed by atoms with Gasteiger partial charge in [-0.1, -0.05) is 61.1 Å². The normalized spacial score (nSPS) is 18.0. The summed E-state index contributed by atoms with van der Waals surface area (Å²) in [7, 11) is 0. The fourth-order valence-electron chi connectivity index (χ4n) is 3.14. The lowest BCUT2D eigenvalue weighted by Gasteiger charge is -2.23. The maximum atomic E-state index is 11.3. The van der Waals surface area contributed by atoms with Crippen molar-refractivity contribution in [1.29, 1.82) is 0 Å². The van der Waals surface area contributed by atoms with Crippen molar-refractivity contribution in [3.8, 4) is 11.8 Å². The third-order valence-corrected chi connectivity index (χ3v) is 4.54. The van der Waals surface area contributed by atoms with Crippen LogP contribution in [0.2, 0.25) is 0 Å². The van der Waals surface area contributed by atoms with Crippen LogP contribution in [0.3, 0.4) is 0 Å². The molecule has 3 heteroatoms. The maximum Gasteiger partial charge on any atom is 0.178 e. The molecule has 3 nitrogen and oxygen atoms in total. The molecule has 3 rings (SSSR count). The van der Waals surface area contributed by atoms with Gasteiger partial charge in [0.25, 0.3) is 0 Å². The highest BCUT2D eigenvalue weighted by Crippen LogP contribution is 2.28. The Morgan fingerprint density at radius 3 is 2.33 bits per heavy atom. The van der Waals surface area contributed by atoms with Gasteiger partial charge in [0.2, 0.25) is 0 Å². The lowest BCUT2D eigenvalue weighted by molar-refractivity contribution is 0.144. The zero-order valence-electron chi connectivity index (χ0n) is 14.0. The van der Waals surface area contributed by atoms with Gasteiger partial charge in [-0.25, -0.2) is 0 Å². The Balaban J connectivity index is 1.85. The second-order valence-electron chi connectivity index (χ2n) is 6.31. The predicted molar refractivity (Wildman–Crippen MR) is 96.4 cm³/mol. The van der Waals surface area contributed by atoms with E-state index in [-0.39, 0.29) is 0 Å². The molecule has 0 spiro atoms. The summed E-state index contributed by atoms with van der Waals surface area (Å²) in [5.41, 5.74) is 0.169. The SMILES string of the molecule is O[C@](C#CCN1CCCCCC1)(c1ccccc1)c1cccnc1. The summed E-state index contributed by atoms with van der Waals surface area (Å²) in [6, 6.07) is 13.3. The third-order valence-electron chi connectivity index (χ3n) is 4.54. The van der Waals surface area contributed by atoms with Gasteiger partial charge >= 0.3 is 0 Å². The Hall–Kier alpha value is -2.15. The Labute approximate surface area is 144 Å². The van der Waals surface area contributed by atoms with E-state index in [9.17, 15) is 5.11 Å². The van der Waals surface area contributed by atoms with Crippen LogP contribution in [-0.4, -0.2) is 34.6 Å². The molecule has 124 valence electrons. The molecule has 2 aromatic rings. The molecule has 24 heavy (non-hydrogen) atoms. The molecule has 1 N–H and O–H groups in total. The average Bonchev–Trinajstić information content (AvgIpc) is 2.92. The number of aromatic nitrogens is 1. The summed E-state index contributed by atoms with van der Waals surface area (Å²) in [4.78, 5) is 6.53. The largest absolute Gasteiger partial charge is 0.369 e. The molecule has 0 amide bonds. The molecule has 1 fully saturated rings. The molecule has 1 saturated heterocycles. The number of nitrogens with zero attached hydrogens (tertiary/aromatic N) is 2. The number of hydrogen-bond acceptors (Lipinski definition) is 3. The second kappa shape index (κ2) is 8.10. The van der Waals surface area contributed by atoms with Crippen molar-refractivity contribution >= 4 is 0 Å². The highest BCUT2D eigenvalue weighted by atomic mass is 16.3. The van der Waals surface area contributed by atoms with Gasteiger partial charge in [-0.2, -0.15) is 0 Å². The van der Waals surface area contributed by atoms with E-state index in [1.54, 1.807) is 12.4 Å². The van der Waals surface area contributed by atoms with E-state index in [0.717, 1.165) is 18.7 Å². The van der Waals surface area contributed by atoms with E-state index in [4.69, 9.17) is 0 Å². The van der Waals surface area contributed by atoms with Gasteiger partial charge in [0, 0.05) is 23.5 Å². The van der Waals surface area contributed by atoms with Crippen LogP contribution in [-0.2, 0) is 5.60 Å². The number of benzene rings is 1. The highest BCUT2D eigenvalue weighted by molar-refractivity contribution is 5.43. The molecule has 1 aromatic heterocycles. The summed E-state index contributed by atoms with van der Waals surface area (Å²) in [6.45, 7) is 2.91. The van der Waals surface area contributed by atoms with Gasteiger partial charge in [0.15, 0.2) is 5.60 Å². The maximum absolute atomic E-state index is 11.3. The van der Waals surface area contributed by atoms with Gasteiger partial charge in [-0.15, -0.1) is 0 Å². The van der Waals surface area contributed by atoms with Crippen LogP contribution < -0.4 is 0 Å². The lowest BCUT2D eigenvalue weighted by Crippen LogP contribution is -2.28. The minimum atomic E-state index is -1.32. The minimum absolute atomic E-state index is 0.704. The monoisotopic (exact) mass is 320 g/mol. The van der Waals surface area contributed by atoms with Gasteiger partial charge < -0.3 is 5.11 Å². The van der Waals surface area contributed by atoms with Gasteiger partial charge in [-0.3, -0.25) is 9.88 Å². The van der Waals surface area contributed by atoms with Crippen LogP contribution in [0.1, 0.15) is 36.8 Å². The van der Waals surface area contributed by atoms with E-state index in [0.29, 0.717) is 12.1 Å². The lowest BCUT2D eigenvalue weighted by atomic mass is 9.88. The number of hydrogen-bond donors (Lipinski definition) is 1. The van der Waals surface area contributed by atoms with Crippen molar-refractivity contribution in [3.05, 3.63) is 66.0 Å². The van der Waals surface area contributed by atoms with Gasteiger partial charge in [0.1, 0.15) is 0 Å². The van der Waals surface area contributed by atoms with Crippen LogP contribution >= 0.6 is 0 Å². The summed E-state index contributed by atoms with van der Waals surface area (Å²) < 4.78 is 0. The fourth-order valence-corrected chi connectivity index (χ4v) is 3.14. The molecule has 1 aliphatic rings.